The van der Waals surface area contributed by atoms with Crippen LogP contribution in [-0.2, 0) is 16.4 Å². The van der Waals surface area contributed by atoms with Crippen molar-refractivity contribution in [2.24, 2.45) is 0 Å². The predicted octanol–water partition coefficient (Wildman–Crippen LogP) is 1.11. The van der Waals surface area contributed by atoms with E-state index in [4.69, 9.17) is 5.11 Å². The second-order valence-electron chi connectivity index (χ2n) is 4.39. The minimum absolute atomic E-state index is 0.162. The van der Waals surface area contributed by atoms with Crippen molar-refractivity contribution in [3.63, 3.8) is 0 Å². The van der Waals surface area contributed by atoms with Gasteiger partial charge in [-0.2, -0.15) is 0 Å². The lowest BCUT2D eigenvalue weighted by Gasteiger charge is -2.23. The van der Waals surface area contributed by atoms with Crippen molar-refractivity contribution in [1.82, 2.24) is 5.32 Å². The van der Waals surface area contributed by atoms with Crippen LogP contribution in [0.25, 0.3) is 0 Å². The van der Waals surface area contributed by atoms with Gasteiger partial charge in [0.15, 0.2) is 0 Å². The third kappa shape index (κ3) is 3.30. The normalized spacial score (nSPS) is 19.8. The van der Waals surface area contributed by atoms with E-state index in [0.29, 0.717) is 24.3 Å². The third-order valence-corrected chi connectivity index (χ3v) is 5.74. The first kappa shape index (κ1) is 13.5. The second-order valence-corrected chi connectivity index (χ2v) is 7.61. The maximum atomic E-state index is 11.3. The van der Waals surface area contributed by atoms with Gasteiger partial charge in [-0.1, -0.05) is 0 Å². The van der Waals surface area contributed by atoms with Crippen LogP contribution in [0.1, 0.15) is 28.1 Å². The highest BCUT2D eigenvalue weighted by molar-refractivity contribution is 7.91. The summed E-state index contributed by atoms with van der Waals surface area (Å²) in [6, 6.07) is 1.95. The molecule has 100 valence electrons. The van der Waals surface area contributed by atoms with Gasteiger partial charge in [-0.3, -0.25) is 0 Å². The van der Waals surface area contributed by atoms with Gasteiger partial charge in [-0.05, 0) is 29.9 Å². The number of carboxylic acids is 1. The molecule has 1 aliphatic rings. The zero-order valence-electron chi connectivity index (χ0n) is 9.76. The number of aromatic carboxylic acids is 1. The number of rotatable bonds is 4. The smallest absolute Gasteiger partial charge is 0.346 e. The zero-order valence-corrected chi connectivity index (χ0v) is 11.4. The molecule has 0 spiro atoms. The fourth-order valence-electron chi connectivity index (χ4n) is 2.01. The summed E-state index contributed by atoms with van der Waals surface area (Å²) >= 11 is 1.21. The summed E-state index contributed by atoms with van der Waals surface area (Å²) in [6.45, 7) is 0.482. The van der Waals surface area contributed by atoms with E-state index in [-0.39, 0.29) is 17.5 Å². The molecular formula is C11H15NO4S2. The molecule has 0 saturated carbocycles. The molecule has 5 nitrogen and oxygen atoms in total. The molecule has 0 unspecified atom stereocenters. The van der Waals surface area contributed by atoms with Crippen LogP contribution in [-0.4, -0.2) is 37.0 Å². The molecule has 7 heteroatoms. The summed E-state index contributed by atoms with van der Waals surface area (Å²) in [6.07, 6.45) is 1.21. The first-order valence-corrected chi connectivity index (χ1v) is 8.41. The largest absolute Gasteiger partial charge is 0.477 e. The van der Waals surface area contributed by atoms with Crippen LogP contribution in [0.15, 0.2) is 11.4 Å². The Morgan fingerprint density at radius 3 is 2.72 bits per heavy atom. The molecule has 1 saturated heterocycles. The van der Waals surface area contributed by atoms with E-state index in [1.54, 1.807) is 11.4 Å². The Kier molecular flexibility index (Phi) is 4.04. The molecule has 2 N–H and O–H groups in total. The topological polar surface area (TPSA) is 83.5 Å². The Labute approximate surface area is 110 Å². The summed E-state index contributed by atoms with van der Waals surface area (Å²) in [4.78, 5) is 11.3. The maximum Gasteiger partial charge on any atom is 0.346 e. The summed E-state index contributed by atoms with van der Waals surface area (Å²) in [5.41, 5.74) is 0.765. The summed E-state index contributed by atoms with van der Waals surface area (Å²) < 4.78 is 22.5. The van der Waals surface area contributed by atoms with Crippen molar-refractivity contribution < 1.29 is 18.3 Å². The molecule has 0 amide bonds. The monoisotopic (exact) mass is 289 g/mol. The second kappa shape index (κ2) is 5.38. The maximum absolute atomic E-state index is 11.3. The van der Waals surface area contributed by atoms with Gasteiger partial charge in [-0.25, -0.2) is 13.2 Å². The Balaban J connectivity index is 1.89. The van der Waals surface area contributed by atoms with Crippen molar-refractivity contribution in [3.8, 4) is 0 Å². The quantitative estimate of drug-likeness (QED) is 0.867. The van der Waals surface area contributed by atoms with Crippen molar-refractivity contribution in [2.75, 3.05) is 11.5 Å². The summed E-state index contributed by atoms with van der Waals surface area (Å²) in [5, 5.41) is 14.0. The molecule has 1 aromatic rings. The lowest BCUT2D eigenvalue weighted by atomic mass is 10.1. The summed E-state index contributed by atoms with van der Waals surface area (Å²) in [7, 11) is -2.84. The van der Waals surface area contributed by atoms with E-state index in [9.17, 15) is 13.2 Å². The predicted molar refractivity (Wildman–Crippen MR) is 69.8 cm³/mol. The number of sulfone groups is 1. The van der Waals surface area contributed by atoms with Crippen molar-refractivity contribution in [3.05, 3.63) is 21.9 Å². The van der Waals surface area contributed by atoms with Gasteiger partial charge in [0.1, 0.15) is 14.7 Å². The number of carbonyl (C=O) groups is 1. The van der Waals surface area contributed by atoms with Crippen LogP contribution in [0.5, 0.6) is 0 Å². The highest BCUT2D eigenvalue weighted by Gasteiger charge is 2.23. The number of hydrogen-bond acceptors (Lipinski definition) is 5. The van der Waals surface area contributed by atoms with Gasteiger partial charge < -0.3 is 10.4 Å². The molecule has 2 rings (SSSR count). The number of nitrogens with one attached hydrogen (secondary N) is 1. The molecule has 1 aromatic heterocycles. The van der Waals surface area contributed by atoms with Crippen LogP contribution in [0.4, 0.5) is 0 Å². The highest BCUT2D eigenvalue weighted by atomic mass is 32.2. The van der Waals surface area contributed by atoms with Crippen LogP contribution in [0, 0.1) is 0 Å². The fourth-order valence-corrected chi connectivity index (χ4v) is 4.26. The van der Waals surface area contributed by atoms with Crippen molar-refractivity contribution in [1.29, 1.82) is 0 Å². The highest BCUT2D eigenvalue weighted by Crippen LogP contribution is 2.18. The van der Waals surface area contributed by atoms with Crippen LogP contribution in [0.2, 0.25) is 0 Å². The van der Waals surface area contributed by atoms with Gasteiger partial charge in [-0.15, -0.1) is 11.3 Å². The molecule has 18 heavy (non-hydrogen) atoms. The van der Waals surface area contributed by atoms with E-state index >= 15 is 0 Å². The van der Waals surface area contributed by atoms with E-state index in [0.717, 1.165) is 5.56 Å². The lowest BCUT2D eigenvalue weighted by Crippen LogP contribution is -2.37. The summed E-state index contributed by atoms with van der Waals surface area (Å²) in [5.74, 6) is -0.465. The van der Waals surface area contributed by atoms with Gasteiger partial charge in [0.2, 0.25) is 0 Å². The Hall–Kier alpha value is -0.920. The molecule has 1 aliphatic heterocycles. The van der Waals surface area contributed by atoms with E-state index in [1.807, 2.05) is 0 Å². The molecule has 2 heterocycles. The third-order valence-electron chi connectivity index (χ3n) is 3.08. The first-order valence-electron chi connectivity index (χ1n) is 5.71. The molecule has 1 fully saturated rings. The number of hydrogen-bond donors (Lipinski definition) is 2. The molecular weight excluding hydrogens is 274 g/mol. The van der Waals surface area contributed by atoms with Crippen molar-refractivity contribution in [2.45, 2.75) is 25.4 Å². The fraction of sp³-hybridized carbons (Fsp3) is 0.545. The van der Waals surface area contributed by atoms with E-state index in [1.165, 1.54) is 11.3 Å². The first-order chi connectivity index (χ1) is 8.48. The van der Waals surface area contributed by atoms with E-state index < -0.39 is 15.8 Å². The van der Waals surface area contributed by atoms with Gasteiger partial charge in [0, 0.05) is 12.6 Å². The Morgan fingerprint density at radius 1 is 1.44 bits per heavy atom. The van der Waals surface area contributed by atoms with Crippen LogP contribution < -0.4 is 5.32 Å². The van der Waals surface area contributed by atoms with Crippen LogP contribution in [0.3, 0.4) is 0 Å². The number of carboxylic acid groups (broad SMARTS) is 1. The van der Waals surface area contributed by atoms with Gasteiger partial charge in [0.05, 0.1) is 11.5 Å². The molecule has 0 bridgehead atoms. The Bertz CT molecular complexity index is 521. The average Bonchev–Trinajstić information content (AvgIpc) is 2.76. The standard InChI is InChI=1S/C11H15NO4S2/c13-11(14)10-8(1-4-17-10)7-12-9-2-5-18(15,16)6-3-9/h1,4,9,12H,2-3,5-7H2,(H,13,14). The molecule has 0 radical (unpaired) electrons. The van der Waals surface area contributed by atoms with E-state index in [2.05, 4.69) is 5.32 Å². The van der Waals surface area contributed by atoms with Gasteiger partial charge >= 0.3 is 5.97 Å². The zero-order chi connectivity index (χ0) is 13.2. The minimum atomic E-state index is -2.84. The number of thiophene rings is 1. The van der Waals surface area contributed by atoms with Crippen LogP contribution >= 0.6 is 11.3 Å². The van der Waals surface area contributed by atoms with Crippen molar-refractivity contribution >= 4 is 27.1 Å². The van der Waals surface area contributed by atoms with Gasteiger partial charge in [0.25, 0.3) is 0 Å². The minimum Gasteiger partial charge on any atom is -0.477 e. The molecule has 0 aromatic carbocycles. The Morgan fingerprint density at radius 2 is 2.11 bits per heavy atom. The average molecular weight is 289 g/mol. The SMILES string of the molecule is O=C(O)c1sccc1CNC1CCS(=O)(=O)CC1. The lowest BCUT2D eigenvalue weighted by molar-refractivity contribution is 0.0701. The molecule has 0 aliphatic carbocycles. The molecule has 0 atom stereocenters.